The van der Waals surface area contributed by atoms with Crippen LogP contribution in [-0.2, 0) is 0 Å². The highest BCUT2D eigenvalue weighted by Crippen LogP contribution is 2.18. The fourth-order valence-corrected chi connectivity index (χ4v) is 1.95. The molecule has 0 fully saturated rings. The van der Waals surface area contributed by atoms with Crippen LogP contribution >= 0.6 is 0 Å². The highest BCUT2D eigenvalue weighted by atomic mass is 16.4. The van der Waals surface area contributed by atoms with Crippen molar-refractivity contribution in [3.8, 4) is 0 Å². The lowest BCUT2D eigenvalue weighted by atomic mass is 10.2. The fourth-order valence-electron chi connectivity index (χ4n) is 1.95. The molecular weight excluding hydrogens is 216 g/mol. The van der Waals surface area contributed by atoms with Crippen LogP contribution in [0.5, 0.6) is 0 Å². The first-order valence-corrected chi connectivity index (χ1v) is 5.27. The van der Waals surface area contributed by atoms with E-state index >= 15 is 0 Å². The Hall–Kier alpha value is -2.36. The molecule has 3 aromatic rings. The third kappa shape index (κ3) is 1.45. The number of aromatic carboxylic acids is 1. The zero-order chi connectivity index (χ0) is 12.0. The van der Waals surface area contributed by atoms with E-state index in [1.165, 1.54) is 0 Å². The Morgan fingerprint density at radius 3 is 2.88 bits per heavy atom. The highest BCUT2D eigenvalue weighted by Gasteiger charge is 2.08. The summed E-state index contributed by atoms with van der Waals surface area (Å²) in [6.07, 6.45) is 1.94. The number of benzene rings is 1. The van der Waals surface area contributed by atoms with Crippen molar-refractivity contribution < 1.29 is 9.90 Å². The van der Waals surface area contributed by atoms with Crippen molar-refractivity contribution in [3.05, 3.63) is 47.7 Å². The first-order chi connectivity index (χ1) is 8.15. The number of carboxylic acids is 1. The lowest BCUT2D eigenvalue weighted by Crippen LogP contribution is -1.95. The molecule has 4 nitrogen and oxygen atoms in total. The van der Waals surface area contributed by atoms with Crippen LogP contribution in [-0.4, -0.2) is 20.5 Å². The lowest BCUT2D eigenvalue weighted by molar-refractivity contribution is 0.0697. The Morgan fingerprint density at radius 2 is 2.12 bits per heavy atom. The van der Waals surface area contributed by atoms with Crippen molar-refractivity contribution in [2.75, 3.05) is 0 Å². The van der Waals surface area contributed by atoms with Gasteiger partial charge in [-0.25, -0.2) is 9.78 Å². The molecule has 0 aliphatic carbocycles. The Balaban J connectivity index is 2.38. The molecule has 0 aliphatic rings. The van der Waals surface area contributed by atoms with Crippen molar-refractivity contribution in [1.29, 1.82) is 0 Å². The van der Waals surface area contributed by atoms with E-state index in [0.717, 1.165) is 16.7 Å². The summed E-state index contributed by atoms with van der Waals surface area (Å²) in [4.78, 5) is 15.3. The monoisotopic (exact) mass is 226 g/mol. The molecule has 0 atom stereocenters. The smallest absolute Gasteiger partial charge is 0.335 e. The number of hydrogen-bond acceptors (Lipinski definition) is 2. The summed E-state index contributed by atoms with van der Waals surface area (Å²) >= 11 is 0. The molecule has 0 bridgehead atoms. The van der Waals surface area contributed by atoms with E-state index in [4.69, 9.17) is 5.11 Å². The quantitative estimate of drug-likeness (QED) is 0.693. The molecule has 0 radical (unpaired) electrons. The Kier molecular flexibility index (Phi) is 1.92. The topological polar surface area (TPSA) is 54.6 Å². The summed E-state index contributed by atoms with van der Waals surface area (Å²) in [6.45, 7) is 2.00. The van der Waals surface area contributed by atoms with Gasteiger partial charge in [-0.1, -0.05) is 0 Å². The number of carboxylic acid groups (broad SMARTS) is 1. The average molecular weight is 226 g/mol. The number of hydrogen-bond donors (Lipinski definition) is 1. The number of aryl methyl sites for hydroxylation is 1. The van der Waals surface area contributed by atoms with E-state index in [9.17, 15) is 4.79 Å². The molecular formula is C13H10N2O2. The van der Waals surface area contributed by atoms with Gasteiger partial charge in [-0.2, -0.15) is 0 Å². The van der Waals surface area contributed by atoms with Crippen molar-refractivity contribution in [1.82, 2.24) is 9.38 Å². The standard InChI is InChI=1S/C13H10N2O2/c1-8-4-5-15-11-3-2-9(13(16)17)7-10(11)14-12(15)6-8/h2-7H,1H3,(H,16,17). The number of fused-ring (bicyclic) bond motifs is 3. The van der Waals surface area contributed by atoms with Gasteiger partial charge in [0.05, 0.1) is 16.6 Å². The fraction of sp³-hybridized carbons (Fsp3) is 0.0769. The number of imidazole rings is 1. The summed E-state index contributed by atoms with van der Waals surface area (Å²) in [5.74, 6) is -0.930. The van der Waals surface area contributed by atoms with Crippen LogP contribution in [0.2, 0.25) is 0 Å². The van der Waals surface area contributed by atoms with Gasteiger partial charge in [-0.05, 0) is 42.8 Å². The SMILES string of the molecule is Cc1ccn2c(c1)nc1cc(C(=O)O)ccc12. The summed E-state index contributed by atoms with van der Waals surface area (Å²) < 4.78 is 1.95. The average Bonchev–Trinajstić information content (AvgIpc) is 2.64. The van der Waals surface area contributed by atoms with Crippen molar-refractivity contribution >= 4 is 22.6 Å². The van der Waals surface area contributed by atoms with E-state index in [1.54, 1.807) is 18.2 Å². The molecule has 0 amide bonds. The number of rotatable bonds is 1. The molecule has 17 heavy (non-hydrogen) atoms. The number of pyridine rings is 1. The molecule has 0 aliphatic heterocycles. The third-order valence-electron chi connectivity index (χ3n) is 2.81. The summed E-state index contributed by atoms with van der Waals surface area (Å²) in [5, 5.41) is 8.93. The Morgan fingerprint density at radius 1 is 1.29 bits per heavy atom. The van der Waals surface area contributed by atoms with Gasteiger partial charge in [0.1, 0.15) is 5.65 Å². The van der Waals surface area contributed by atoms with E-state index in [0.29, 0.717) is 5.52 Å². The first kappa shape index (κ1) is 9.84. The summed E-state index contributed by atoms with van der Waals surface area (Å²) in [6, 6.07) is 8.95. The number of aromatic nitrogens is 2. The maximum absolute atomic E-state index is 10.9. The maximum Gasteiger partial charge on any atom is 0.335 e. The van der Waals surface area contributed by atoms with Crippen molar-refractivity contribution in [2.45, 2.75) is 6.92 Å². The Bertz CT molecular complexity index is 744. The van der Waals surface area contributed by atoms with Gasteiger partial charge in [0.2, 0.25) is 0 Å². The molecule has 1 N–H and O–H groups in total. The van der Waals surface area contributed by atoms with Gasteiger partial charge in [-0.15, -0.1) is 0 Å². The maximum atomic E-state index is 10.9. The summed E-state index contributed by atoms with van der Waals surface area (Å²) in [7, 11) is 0. The zero-order valence-electron chi connectivity index (χ0n) is 9.21. The number of nitrogens with zero attached hydrogens (tertiary/aromatic N) is 2. The van der Waals surface area contributed by atoms with E-state index < -0.39 is 5.97 Å². The van der Waals surface area contributed by atoms with Crippen LogP contribution in [0.3, 0.4) is 0 Å². The number of carbonyl (C=O) groups is 1. The van der Waals surface area contributed by atoms with Gasteiger partial charge < -0.3 is 5.11 Å². The second-order valence-corrected chi connectivity index (χ2v) is 4.05. The van der Waals surface area contributed by atoms with E-state index in [-0.39, 0.29) is 5.56 Å². The van der Waals surface area contributed by atoms with Crippen molar-refractivity contribution in [2.24, 2.45) is 0 Å². The van der Waals surface area contributed by atoms with Gasteiger partial charge in [-0.3, -0.25) is 4.40 Å². The largest absolute Gasteiger partial charge is 0.478 e. The molecule has 3 rings (SSSR count). The second-order valence-electron chi connectivity index (χ2n) is 4.05. The Labute approximate surface area is 97.1 Å². The molecule has 2 heterocycles. The van der Waals surface area contributed by atoms with Gasteiger partial charge in [0.25, 0.3) is 0 Å². The van der Waals surface area contributed by atoms with Crippen LogP contribution in [0.25, 0.3) is 16.7 Å². The van der Waals surface area contributed by atoms with Gasteiger partial charge >= 0.3 is 5.97 Å². The van der Waals surface area contributed by atoms with Gasteiger partial charge in [0.15, 0.2) is 0 Å². The molecule has 0 unspecified atom stereocenters. The molecule has 84 valence electrons. The molecule has 0 saturated heterocycles. The van der Waals surface area contributed by atoms with Gasteiger partial charge in [0, 0.05) is 6.20 Å². The lowest BCUT2D eigenvalue weighted by Gasteiger charge is -1.97. The second kappa shape index (κ2) is 3.31. The molecule has 2 aromatic heterocycles. The molecule has 0 saturated carbocycles. The van der Waals surface area contributed by atoms with Crippen LogP contribution in [0, 0.1) is 6.92 Å². The highest BCUT2D eigenvalue weighted by molar-refractivity contribution is 5.93. The normalized spacial score (nSPS) is 11.1. The predicted molar refractivity (Wildman–Crippen MR) is 64.4 cm³/mol. The van der Waals surface area contributed by atoms with Crippen LogP contribution in [0.15, 0.2) is 36.5 Å². The summed E-state index contributed by atoms with van der Waals surface area (Å²) in [5.41, 5.74) is 3.85. The van der Waals surface area contributed by atoms with E-state index in [1.807, 2.05) is 29.7 Å². The van der Waals surface area contributed by atoms with Crippen molar-refractivity contribution in [3.63, 3.8) is 0 Å². The first-order valence-electron chi connectivity index (χ1n) is 5.27. The van der Waals surface area contributed by atoms with E-state index in [2.05, 4.69) is 4.98 Å². The molecule has 0 spiro atoms. The minimum absolute atomic E-state index is 0.262. The minimum atomic E-state index is -0.930. The predicted octanol–water partition coefficient (Wildman–Crippen LogP) is 2.49. The third-order valence-corrected chi connectivity index (χ3v) is 2.81. The minimum Gasteiger partial charge on any atom is -0.478 e. The van der Waals surface area contributed by atoms with Crippen LogP contribution in [0.4, 0.5) is 0 Å². The van der Waals surface area contributed by atoms with Crippen LogP contribution in [0.1, 0.15) is 15.9 Å². The van der Waals surface area contributed by atoms with Crippen LogP contribution < -0.4 is 0 Å². The zero-order valence-corrected chi connectivity index (χ0v) is 9.21. The molecule has 4 heteroatoms. The molecule has 1 aromatic carbocycles.